The molecular formula is C18H28N2O2. The number of rotatable bonds is 6. The van der Waals surface area contributed by atoms with Gasteiger partial charge in [-0.25, -0.2) is 0 Å². The maximum absolute atomic E-state index is 12.3. The third kappa shape index (κ3) is 5.02. The fraction of sp³-hybridized carbons (Fsp3) is 0.611. The number of hydrogen-bond acceptors (Lipinski definition) is 3. The van der Waals surface area contributed by atoms with Gasteiger partial charge in [-0.15, -0.1) is 0 Å². The Hall–Kier alpha value is -1.55. The molecule has 4 nitrogen and oxygen atoms in total. The first-order chi connectivity index (χ1) is 10.6. The van der Waals surface area contributed by atoms with Gasteiger partial charge in [0.05, 0.1) is 0 Å². The van der Waals surface area contributed by atoms with E-state index in [0.29, 0.717) is 0 Å². The Morgan fingerprint density at radius 1 is 1.41 bits per heavy atom. The van der Waals surface area contributed by atoms with Crippen LogP contribution >= 0.6 is 0 Å². The van der Waals surface area contributed by atoms with E-state index in [1.54, 1.807) is 0 Å². The highest BCUT2D eigenvalue weighted by atomic mass is 16.5. The molecule has 2 rings (SSSR count). The minimum Gasteiger partial charge on any atom is -0.481 e. The molecule has 0 aliphatic carbocycles. The van der Waals surface area contributed by atoms with Crippen LogP contribution in [0.15, 0.2) is 24.3 Å². The van der Waals surface area contributed by atoms with Crippen molar-refractivity contribution in [3.63, 3.8) is 0 Å². The first kappa shape index (κ1) is 16.8. The van der Waals surface area contributed by atoms with E-state index in [0.717, 1.165) is 43.8 Å². The van der Waals surface area contributed by atoms with Crippen molar-refractivity contribution in [1.82, 2.24) is 10.2 Å². The fourth-order valence-electron chi connectivity index (χ4n) is 2.88. The van der Waals surface area contributed by atoms with Crippen molar-refractivity contribution >= 4 is 5.91 Å². The lowest BCUT2D eigenvalue weighted by molar-refractivity contribution is -0.128. The van der Waals surface area contributed by atoms with Crippen LogP contribution in [0.1, 0.15) is 38.7 Å². The van der Waals surface area contributed by atoms with Crippen LogP contribution in [0.3, 0.4) is 0 Å². The van der Waals surface area contributed by atoms with Crippen LogP contribution in [0.5, 0.6) is 5.75 Å². The molecule has 0 aromatic heterocycles. The molecule has 1 aliphatic rings. The van der Waals surface area contributed by atoms with Crippen molar-refractivity contribution in [2.24, 2.45) is 0 Å². The molecule has 0 saturated carbocycles. The number of likely N-dealkylation sites (tertiary alicyclic amines) is 1. The van der Waals surface area contributed by atoms with Gasteiger partial charge >= 0.3 is 0 Å². The van der Waals surface area contributed by atoms with E-state index in [-0.39, 0.29) is 11.9 Å². The lowest BCUT2D eigenvalue weighted by atomic mass is 10.0. The second kappa shape index (κ2) is 8.18. The van der Waals surface area contributed by atoms with Gasteiger partial charge in [-0.05, 0) is 57.4 Å². The Bertz CT molecular complexity index is 482. The summed E-state index contributed by atoms with van der Waals surface area (Å²) in [6, 6.07) is 8.08. The van der Waals surface area contributed by atoms with Gasteiger partial charge in [0, 0.05) is 19.1 Å². The molecule has 1 atom stereocenters. The van der Waals surface area contributed by atoms with Gasteiger partial charge in [0.2, 0.25) is 0 Å². The molecule has 0 bridgehead atoms. The number of piperidine rings is 1. The van der Waals surface area contributed by atoms with Crippen molar-refractivity contribution in [3.8, 4) is 5.75 Å². The number of benzene rings is 1. The third-order valence-electron chi connectivity index (χ3n) is 4.15. The SMILES string of the molecule is CCCN1CCC(NC(=O)C(C)Oc2cccc(C)c2)CC1. The number of nitrogens with zero attached hydrogens (tertiary/aromatic N) is 1. The van der Waals surface area contributed by atoms with Crippen molar-refractivity contribution in [2.75, 3.05) is 19.6 Å². The Balaban J connectivity index is 1.77. The number of ether oxygens (including phenoxy) is 1. The number of aryl methyl sites for hydroxylation is 1. The molecule has 0 spiro atoms. The quantitative estimate of drug-likeness (QED) is 0.878. The summed E-state index contributed by atoms with van der Waals surface area (Å²) < 4.78 is 5.74. The smallest absolute Gasteiger partial charge is 0.260 e. The van der Waals surface area contributed by atoms with Crippen LogP contribution in [0.25, 0.3) is 0 Å². The molecule has 4 heteroatoms. The van der Waals surface area contributed by atoms with Crippen LogP contribution in [-0.2, 0) is 4.79 Å². The summed E-state index contributed by atoms with van der Waals surface area (Å²) in [6.07, 6.45) is 2.79. The van der Waals surface area contributed by atoms with Gasteiger partial charge < -0.3 is 15.0 Å². The van der Waals surface area contributed by atoms with E-state index >= 15 is 0 Å². The van der Waals surface area contributed by atoms with E-state index in [9.17, 15) is 4.79 Å². The van der Waals surface area contributed by atoms with E-state index < -0.39 is 6.10 Å². The topological polar surface area (TPSA) is 41.6 Å². The van der Waals surface area contributed by atoms with E-state index in [4.69, 9.17) is 4.74 Å². The normalized spacial score (nSPS) is 18.0. The Morgan fingerprint density at radius 2 is 2.14 bits per heavy atom. The minimum atomic E-state index is -0.463. The summed E-state index contributed by atoms with van der Waals surface area (Å²) in [4.78, 5) is 14.7. The summed E-state index contributed by atoms with van der Waals surface area (Å²) >= 11 is 0. The first-order valence-electron chi connectivity index (χ1n) is 8.34. The third-order valence-corrected chi connectivity index (χ3v) is 4.15. The highest BCUT2D eigenvalue weighted by Crippen LogP contribution is 2.15. The molecular weight excluding hydrogens is 276 g/mol. The number of nitrogens with one attached hydrogen (secondary N) is 1. The predicted octanol–water partition coefficient (Wildman–Crippen LogP) is 2.75. The van der Waals surface area contributed by atoms with Crippen LogP contribution < -0.4 is 10.1 Å². The number of hydrogen-bond donors (Lipinski definition) is 1. The van der Waals surface area contributed by atoms with Crippen molar-refractivity contribution in [3.05, 3.63) is 29.8 Å². The summed E-state index contributed by atoms with van der Waals surface area (Å²) in [5, 5.41) is 3.13. The van der Waals surface area contributed by atoms with Crippen LogP contribution in [-0.4, -0.2) is 42.6 Å². The molecule has 1 saturated heterocycles. The van der Waals surface area contributed by atoms with Crippen molar-refractivity contribution in [2.45, 2.75) is 52.2 Å². The fourth-order valence-corrected chi connectivity index (χ4v) is 2.88. The maximum atomic E-state index is 12.3. The Morgan fingerprint density at radius 3 is 2.77 bits per heavy atom. The zero-order chi connectivity index (χ0) is 15.9. The molecule has 1 unspecified atom stereocenters. The molecule has 1 aromatic rings. The average molecular weight is 304 g/mol. The van der Waals surface area contributed by atoms with Crippen molar-refractivity contribution in [1.29, 1.82) is 0 Å². The van der Waals surface area contributed by atoms with E-state index in [1.807, 2.05) is 38.1 Å². The van der Waals surface area contributed by atoms with Crippen molar-refractivity contribution < 1.29 is 9.53 Å². The molecule has 22 heavy (non-hydrogen) atoms. The lowest BCUT2D eigenvalue weighted by Gasteiger charge is -2.32. The number of amides is 1. The predicted molar refractivity (Wildman–Crippen MR) is 89.2 cm³/mol. The molecule has 1 fully saturated rings. The van der Waals surface area contributed by atoms with Gasteiger partial charge in [-0.2, -0.15) is 0 Å². The molecule has 0 radical (unpaired) electrons. The van der Waals surface area contributed by atoms with Gasteiger partial charge in [0.1, 0.15) is 5.75 Å². The summed E-state index contributed by atoms with van der Waals surface area (Å²) in [5.74, 6) is 0.732. The van der Waals surface area contributed by atoms with Gasteiger partial charge in [-0.1, -0.05) is 19.1 Å². The molecule has 1 heterocycles. The largest absolute Gasteiger partial charge is 0.481 e. The van der Waals surface area contributed by atoms with Crippen LogP contribution in [0.2, 0.25) is 0 Å². The monoisotopic (exact) mass is 304 g/mol. The van der Waals surface area contributed by atoms with Gasteiger partial charge in [0.15, 0.2) is 6.10 Å². The standard InChI is InChI=1S/C18H28N2O2/c1-4-10-20-11-8-16(9-12-20)19-18(21)15(3)22-17-7-5-6-14(2)13-17/h5-7,13,15-16H,4,8-12H2,1-3H3,(H,19,21). The van der Waals surface area contributed by atoms with E-state index in [1.165, 1.54) is 6.42 Å². The van der Waals surface area contributed by atoms with E-state index in [2.05, 4.69) is 17.1 Å². The molecule has 1 aliphatic heterocycles. The van der Waals surface area contributed by atoms with Crippen LogP contribution in [0.4, 0.5) is 0 Å². The van der Waals surface area contributed by atoms with Gasteiger partial charge in [-0.3, -0.25) is 4.79 Å². The highest BCUT2D eigenvalue weighted by Gasteiger charge is 2.23. The zero-order valence-corrected chi connectivity index (χ0v) is 14.0. The first-order valence-corrected chi connectivity index (χ1v) is 8.34. The molecule has 1 N–H and O–H groups in total. The second-order valence-electron chi connectivity index (χ2n) is 6.20. The summed E-state index contributed by atoms with van der Waals surface area (Å²) in [5.41, 5.74) is 1.13. The van der Waals surface area contributed by atoms with Crippen LogP contribution in [0, 0.1) is 6.92 Å². The Kier molecular flexibility index (Phi) is 6.25. The average Bonchev–Trinajstić information content (AvgIpc) is 2.49. The summed E-state index contributed by atoms with van der Waals surface area (Å²) in [7, 11) is 0. The molecule has 1 amide bonds. The minimum absolute atomic E-state index is 0.0181. The molecule has 122 valence electrons. The van der Waals surface area contributed by atoms with Gasteiger partial charge in [0.25, 0.3) is 5.91 Å². The number of carbonyl (C=O) groups is 1. The zero-order valence-electron chi connectivity index (χ0n) is 14.0. The maximum Gasteiger partial charge on any atom is 0.260 e. The summed E-state index contributed by atoms with van der Waals surface area (Å²) in [6.45, 7) is 9.34. The highest BCUT2D eigenvalue weighted by molar-refractivity contribution is 5.81. The lowest BCUT2D eigenvalue weighted by Crippen LogP contribution is -2.48. The second-order valence-corrected chi connectivity index (χ2v) is 6.20. The number of carbonyl (C=O) groups excluding carboxylic acids is 1. The Labute approximate surface area is 133 Å². The molecule has 1 aromatic carbocycles.